The van der Waals surface area contributed by atoms with Gasteiger partial charge >= 0.3 is 165 Å². The zero-order valence-corrected chi connectivity index (χ0v) is 66.5. The standard InChI is InChI=1S/C39H58N2.2C27H53.Ni/c1-5-9-11-12-13-14-15-16-17-18-19-20-21-29-37-36(28-10-6-2)38(34-26-22-24-32(7-3)30-34)41(40)39(37)35-27-23-25-33(8-4)31-35;2*1-3-5-7-9-11-13-15-17-19-21-23-25-27-26-24-22-20-18-16-14-12-10-8-6-4-2;/h22-27,30-31H,5-21,28-29H2,1-4H3;2*1,3H,4-27H2,2H3;. The molecule has 3 rings (SSSR count). The quantitative estimate of drug-likeness (QED) is 0.0358. The molecule has 0 atom stereocenters. The molecule has 1 heterocycles. The Morgan fingerprint density at radius 1 is 0.271 bits per heavy atom. The number of rotatable bonds is 71. The summed E-state index contributed by atoms with van der Waals surface area (Å²) >= 11 is 1.69. The Bertz CT molecular complexity index is 2060. The first kappa shape index (κ1) is 89.6. The molecule has 0 saturated heterocycles. The minimum Gasteiger partial charge on any atom is -0.0654 e. The molecule has 0 unspecified atom stereocenters. The molecule has 0 aromatic heterocycles. The summed E-state index contributed by atoms with van der Waals surface area (Å²) in [6.07, 6.45) is 98.9. The summed E-state index contributed by atoms with van der Waals surface area (Å²) in [6.45, 7) is 13.6. The molecule has 2 aromatic rings. The summed E-state index contributed by atoms with van der Waals surface area (Å²) < 4.78 is 1.55. The van der Waals surface area contributed by atoms with Crippen LogP contribution in [0.25, 0.3) is 16.9 Å². The summed E-state index contributed by atoms with van der Waals surface area (Å²) in [5, 5.41) is 4.67. The van der Waals surface area contributed by atoms with Gasteiger partial charge in [-0.25, -0.2) is 4.70 Å². The van der Waals surface area contributed by atoms with Crippen molar-refractivity contribution in [2.45, 2.75) is 472 Å². The van der Waals surface area contributed by atoms with Crippen molar-refractivity contribution < 1.29 is 19.1 Å². The third kappa shape index (κ3) is 51.6. The molecule has 3 heteroatoms. The van der Waals surface area contributed by atoms with Crippen LogP contribution in [0, 0.1) is 0 Å². The number of benzene rings is 2. The third-order valence-electron chi connectivity index (χ3n) is 21.1. The molecule has 556 valence electrons. The third-order valence-corrected chi connectivity index (χ3v) is 22.0. The molecular formula is C93H164N2Ni. The van der Waals surface area contributed by atoms with E-state index < -0.39 is 0 Å². The van der Waals surface area contributed by atoms with Gasteiger partial charge in [0.25, 0.3) is 0 Å². The van der Waals surface area contributed by atoms with Crippen molar-refractivity contribution in [3.05, 3.63) is 110 Å². The summed E-state index contributed by atoms with van der Waals surface area (Å²) in [5.41, 5.74) is 21.5. The fraction of sp³-hybridized carbons (Fsp3) is 0.785. The van der Waals surface area contributed by atoms with E-state index in [9.17, 15) is 5.53 Å². The van der Waals surface area contributed by atoms with Gasteiger partial charge in [0.1, 0.15) is 0 Å². The van der Waals surface area contributed by atoms with Gasteiger partial charge in [0.05, 0.1) is 0 Å². The number of hydrogen-bond donors (Lipinski definition) is 0. The number of allylic oxidation sites excluding steroid dienone is 4. The van der Waals surface area contributed by atoms with Crippen LogP contribution in [0.3, 0.4) is 0 Å². The smallest absolute Gasteiger partial charge is 0.0654 e. The average Bonchev–Trinajstić information content (AvgIpc) is 1.61. The van der Waals surface area contributed by atoms with Gasteiger partial charge in [0.2, 0.25) is 11.4 Å². The number of aryl methyl sites for hydroxylation is 2. The summed E-state index contributed by atoms with van der Waals surface area (Å²) in [7, 11) is 0. The second-order valence-corrected chi connectivity index (χ2v) is 31.1. The van der Waals surface area contributed by atoms with E-state index in [1.54, 1.807) is 19.1 Å². The van der Waals surface area contributed by atoms with Gasteiger partial charge in [-0.2, -0.15) is 0 Å². The zero-order valence-electron chi connectivity index (χ0n) is 65.5. The first-order valence-electron chi connectivity index (χ1n) is 43.5. The number of nitrogens with zero attached hydrogens (tertiary/aromatic N) is 2. The second-order valence-electron chi connectivity index (χ2n) is 30.1. The van der Waals surface area contributed by atoms with Crippen LogP contribution < -0.4 is 0 Å². The van der Waals surface area contributed by atoms with Crippen LogP contribution in [0.1, 0.15) is 481 Å². The van der Waals surface area contributed by atoms with Crippen molar-refractivity contribution in [2.24, 2.45) is 0 Å². The maximum absolute atomic E-state index is 11.8. The van der Waals surface area contributed by atoms with E-state index >= 15 is 0 Å². The Morgan fingerprint density at radius 3 is 0.729 bits per heavy atom. The molecule has 1 aliphatic rings. The Morgan fingerprint density at radius 2 is 0.490 bits per heavy atom. The van der Waals surface area contributed by atoms with E-state index in [-0.39, 0.29) is 0 Å². The van der Waals surface area contributed by atoms with Crippen molar-refractivity contribution in [1.29, 1.82) is 0 Å². The number of unbranched alkanes of at least 4 members (excludes halogenated alkanes) is 59. The van der Waals surface area contributed by atoms with E-state index in [4.69, 9.17) is 0 Å². The van der Waals surface area contributed by atoms with Gasteiger partial charge in [0.15, 0.2) is 0 Å². The normalized spacial score (nSPS) is 12.7. The molecule has 0 radical (unpaired) electrons. The van der Waals surface area contributed by atoms with Crippen LogP contribution in [0.15, 0.2) is 81.9 Å². The van der Waals surface area contributed by atoms with Gasteiger partial charge < -0.3 is 5.53 Å². The Labute approximate surface area is 608 Å². The van der Waals surface area contributed by atoms with Crippen LogP contribution in [0.5, 0.6) is 0 Å². The molecule has 96 heavy (non-hydrogen) atoms. The van der Waals surface area contributed by atoms with Gasteiger partial charge in [-0.05, 0) is 73.9 Å². The minimum absolute atomic E-state index is 1.00. The maximum atomic E-state index is 11.8. The molecule has 0 fully saturated rings. The van der Waals surface area contributed by atoms with E-state index in [0.29, 0.717) is 0 Å². The van der Waals surface area contributed by atoms with Crippen LogP contribution in [-0.2, 0) is 27.3 Å². The monoisotopic (exact) mass is 1370 g/mol. The summed E-state index contributed by atoms with van der Waals surface area (Å²) in [4.78, 5) is 0. The van der Waals surface area contributed by atoms with Crippen LogP contribution in [-0.4, -0.2) is 4.70 Å². The molecule has 0 saturated carbocycles. The van der Waals surface area contributed by atoms with Crippen LogP contribution >= 0.6 is 0 Å². The Kier molecular flexibility index (Phi) is 66.2. The number of hydrogen-bond acceptors (Lipinski definition) is 0. The Hall–Kier alpha value is -2.51. The molecule has 0 aliphatic carbocycles. The predicted octanol–water partition coefficient (Wildman–Crippen LogP) is 33.5. The first-order valence-corrected chi connectivity index (χ1v) is 44.7. The fourth-order valence-corrected chi connectivity index (χ4v) is 15.4. The van der Waals surface area contributed by atoms with E-state index in [0.717, 1.165) is 61.0 Å². The second kappa shape index (κ2) is 70.9. The van der Waals surface area contributed by atoms with Crippen molar-refractivity contribution >= 4 is 11.4 Å². The fourth-order valence-electron chi connectivity index (χ4n) is 14.7. The van der Waals surface area contributed by atoms with Gasteiger partial charge in [-0.15, -0.1) is 0 Å². The van der Waals surface area contributed by atoms with Crippen LogP contribution in [0.4, 0.5) is 0 Å². The molecule has 0 spiro atoms. The molecule has 2 nitrogen and oxygen atoms in total. The zero-order chi connectivity index (χ0) is 68.8. The summed E-state index contributed by atoms with van der Waals surface area (Å²) in [5.74, 6) is 0. The van der Waals surface area contributed by atoms with Crippen molar-refractivity contribution in [3.63, 3.8) is 0 Å². The van der Waals surface area contributed by atoms with Crippen LogP contribution in [0.2, 0.25) is 0 Å². The summed E-state index contributed by atoms with van der Waals surface area (Å²) in [6, 6.07) is 17.6. The van der Waals surface area contributed by atoms with Gasteiger partial charge in [-0.1, -0.05) is 329 Å². The molecule has 0 N–H and O–H groups in total. The molecule has 0 amide bonds. The van der Waals surface area contributed by atoms with Gasteiger partial charge in [0, 0.05) is 22.3 Å². The molecule has 0 bridgehead atoms. The van der Waals surface area contributed by atoms with Gasteiger partial charge in [-0.3, -0.25) is 0 Å². The first-order chi connectivity index (χ1) is 47.6. The van der Waals surface area contributed by atoms with Crippen molar-refractivity contribution in [3.8, 4) is 0 Å². The van der Waals surface area contributed by atoms with E-state index in [1.165, 1.54) is 414 Å². The average molecular weight is 1370 g/mol. The molecular weight excluding hydrogens is 1200 g/mol. The van der Waals surface area contributed by atoms with Crippen molar-refractivity contribution in [1.82, 2.24) is 0 Å². The van der Waals surface area contributed by atoms with E-state index in [2.05, 4.69) is 112 Å². The molecule has 1 aliphatic heterocycles. The van der Waals surface area contributed by atoms with E-state index in [1.807, 2.05) is 0 Å². The predicted molar refractivity (Wildman–Crippen MR) is 430 cm³/mol. The topological polar surface area (TPSA) is 25.3 Å². The SMILES string of the molecule is CCCCCCCCCCCCCCCC1=C(c2cccc(CC)c2)[N+](=[N-])C(c2cccc(CC)c2)=C1CCCC.CCCCCCCCCCCCCCCCCCCCCCCCCC=[CH][Ni][CH]=CCCCCCCCCCCCCCCCCCCCCCCCCC. The minimum atomic E-state index is 1.00. The molecule has 2 aromatic carbocycles. The Balaban J connectivity index is 0.000000679. The van der Waals surface area contributed by atoms with Crippen molar-refractivity contribution in [2.75, 3.05) is 0 Å².